The molecule has 0 radical (unpaired) electrons. The maximum Gasteiger partial charge on any atom is 0.307 e. The highest BCUT2D eigenvalue weighted by molar-refractivity contribution is 5.67. The molecule has 0 spiro atoms. The Morgan fingerprint density at radius 1 is 1.48 bits per heavy atom. The molecule has 0 amide bonds. The smallest absolute Gasteiger partial charge is 0.307 e. The molecule has 0 saturated heterocycles. The second-order valence-corrected chi connectivity index (χ2v) is 5.38. The van der Waals surface area contributed by atoms with Crippen molar-refractivity contribution in [3.8, 4) is 5.75 Å². The monoisotopic (exact) mass is 290 g/mol. The van der Waals surface area contributed by atoms with Gasteiger partial charge in [0.2, 0.25) is 0 Å². The van der Waals surface area contributed by atoms with Crippen molar-refractivity contribution in [3.63, 3.8) is 0 Å². The number of ether oxygens (including phenoxy) is 3. The number of aryl methyl sites for hydroxylation is 1. The number of benzene rings is 1. The number of rotatable bonds is 6. The Balaban J connectivity index is 1.94. The summed E-state index contributed by atoms with van der Waals surface area (Å²) in [6.45, 7) is 7.08. The van der Waals surface area contributed by atoms with Gasteiger partial charge in [0, 0.05) is 13.3 Å². The van der Waals surface area contributed by atoms with E-state index < -0.39 is 0 Å². The first-order valence-corrected chi connectivity index (χ1v) is 7.18. The fourth-order valence-electron chi connectivity index (χ4n) is 2.72. The Morgan fingerprint density at radius 2 is 2.24 bits per heavy atom. The molecule has 0 N–H and O–H groups in total. The zero-order valence-corrected chi connectivity index (χ0v) is 12.8. The molecule has 21 heavy (non-hydrogen) atoms. The summed E-state index contributed by atoms with van der Waals surface area (Å²) in [5.74, 6) is 0.985. The van der Waals surface area contributed by atoms with Gasteiger partial charge < -0.3 is 14.2 Å². The molecule has 4 heteroatoms. The zero-order chi connectivity index (χ0) is 15.4. The van der Waals surface area contributed by atoms with Gasteiger partial charge in [0.05, 0.1) is 19.3 Å². The maximum atomic E-state index is 10.9. The lowest BCUT2D eigenvalue weighted by atomic mass is 10.1. The molecular formula is C17H22O4. The van der Waals surface area contributed by atoms with E-state index in [9.17, 15) is 4.79 Å². The topological polar surface area (TPSA) is 44.8 Å². The minimum atomic E-state index is -0.342. The number of carbonyl (C=O) groups is 1. The molecule has 114 valence electrons. The van der Waals surface area contributed by atoms with Crippen LogP contribution in [0, 0.1) is 0 Å². The summed E-state index contributed by atoms with van der Waals surface area (Å²) in [4.78, 5) is 10.9. The SMILES string of the molecule is C=C(C[C@@H](C)O[C@H]1CCc2cc(OC)ccc21)OC(C)=O. The largest absolute Gasteiger partial charge is 0.497 e. The molecule has 1 aromatic rings. The average molecular weight is 290 g/mol. The van der Waals surface area contributed by atoms with Crippen LogP contribution in [0.4, 0.5) is 0 Å². The van der Waals surface area contributed by atoms with Crippen LogP contribution in [0.15, 0.2) is 30.5 Å². The van der Waals surface area contributed by atoms with Gasteiger partial charge in [0.1, 0.15) is 11.5 Å². The van der Waals surface area contributed by atoms with Gasteiger partial charge in [-0.1, -0.05) is 12.6 Å². The predicted octanol–water partition coefficient (Wildman–Crippen LogP) is 3.55. The lowest BCUT2D eigenvalue weighted by Gasteiger charge is -2.20. The van der Waals surface area contributed by atoms with E-state index in [4.69, 9.17) is 14.2 Å². The van der Waals surface area contributed by atoms with E-state index in [1.54, 1.807) is 7.11 Å². The van der Waals surface area contributed by atoms with E-state index in [0.29, 0.717) is 12.2 Å². The normalized spacial score (nSPS) is 18.0. The van der Waals surface area contributed by atoms with Crippen LogP contribution in [0.3, 0.4) is 0 Å². The molecule has 1 aliphatic carbocycles. The Kier molecular flexibility index (Phi) is 5.02. The minimum Gasteiger partial charge on any atom is -0.497 e. The first kappa shape index (κ1) is 15.6. The highest BCUT2D eigenvalue weighted by atomic mass is 16.5. The summed E-state index contributed by atoms with van der Waals surface area (Å²) in [6.07, 6.45) is 2.52. The number of methoxy groups -OCH3 is 1. The van der Waals surface area contributed by atoms with Crippen LogP contribution in [0.2, 0.25) is 0 Å². The van der Waals surface area contributed by atoms with Crippen LogP contribution in [0.1, 0.15) is 43.9 Å². The third-order valence-electron chi connectivity index (χ3n) is 3.57. The molecule has 1 aromatic carbocycles. The van der Waals surface area contributed by atoms with Gasteiger partial charge in [-0.25, -0.2) is 0 Å². The van der Waals surface area contributed by atoms with Crippen LogP contribution in [0.25, 0.3) is 0 Å². The molecule has 4 nitrogen and oxygen atoms in total. The van der Waals surface area contributed by atoms with E-state index in [1.807, 2.05) is 13.0 Å². The molecule has 2 atom stereocenters. The maximum absolute atomic E-state index is 10.9. The van der Waals surface area contributed by atoms with Crippen LogP contribution < -0.4 is 4.74 Å². The molecule has 0 saturated carbocycles. The van der Waals surface area contributed by atoms with Gasteiger partial charge in [0.15, 0.2) is 0 Å². The van der Waals surface area contributed by atoms with Crippen LogP contribution in [-0.4, -0.2) is 19.2 Å². The average Bonchev–Trinajstić information content (AvgIpc) is 2.79. The fourth-order valence-corrected chi connectivity index (χ4v) is 2.72. The highest BCUT2D eigenvalue weighted by Gasteiger charge is 2.25. The third kappa shape index (κ3) is 4.08. The Hall–Kier alpha value is -1.81. The van der Waals surface area contributed by atoms with Crippen LogP contribution in [-0.2, 0) is 20.7 Å². The highest BCUT2D eigenvalue weighted by Crippen LogP contribution is 2.37. The molecule has 0 bridgehead atoms. The molecule has 0 aromatic heterocycles. The minimum absolute atomic E-state index is 0.0464. The van der Waals surface area contributed by atoms with E-state index in [2.05, 4.69) is 18.7 Å². The van der Waals surface area contributed by atoms with Crippen molar-refractivity contribution in [1.29, 1.82) is 0 Å². The summed E-state index contributed by atoms with van der Waals surface area (Å²) in [5.41, 5.74) is 2.51. The van der Waals surface area contributed by atoms with Crippen molar-refractivity contribution >= 4 is 5.97 Å². The second-order valence-electron chi connectivity index (χ2n) is 5.38. The molecule has 1 aliphatic rings. The number of esters is 1. The summed E-state index contributed by atoms with van der Waals surface area (Å²) >= 11 is 0. The lowest BCUT2D eigenvalue weighted by molar-refractivity contribution is -0.137. The molecule has 0 aliphatic heterocycles. The summed E-state index contributed by atoms with van der Waals surface area (Å²) in [6, 6.07) is 6.10. The van der Waals surface area contributed by atoms with Gasteiger partial charge in [-0.3, -0.25) is 4.79 Å². The standard InChI is InChI=1S/C17H22O4/c1-11(20-13(3)18)9-12(2)21-17-8-5-14-10-15(19-4)6-7-16(14)17/h6-7,10,12,17H,1,5,8-9H2,2-4H3/t12-,17+/m1/s1. The number of hydrogen-bond donors (Lipinski definition) is 0. The number of fused-ring (bicyclic) bond motifs is 1. The first-order valence-electron chi connectivity index (χ1n) is 7.18. The van der Waals surface area contributed by atoms with Crippen molar-refractivity contribution in [2.45, 2.75) is 45.3 Å². The van der Waals surface area contributed by atoms with E-state index >= 15 is 0 Å². The quantitative estimate of drug-likeness (QED) is 0.593. The van der Waals surface area contributed by atoms with E-state index in [-0.39, 0.29) is 18.2 Å². The first-order chi connectivity index (χ1) is 9.99. The number of hydrogen-bond acceptors (Lipinski definition) is 4. The molecular weight excluding hydrogens is 268 g/mol. The lowest BCUT2D eigenvalue weighted by Crippen LogP contribution is -2.14. The fraction of sp³-hybridized carbons (Fsp3) is 0.471. The Bertz CT molecular complexity index is 536. The summed E-state index contributed by atoms with van der Waals surface area (Å²) in [7, 11) is 1.67. The van der Waals surface area contributed by atoms with E-state index in [1.165, 1.54) is 18.1 Å². The molecule has 0 unspecified atom stereocenters. The van der Waals surface area contributed by atoms with Crippen molar-refractivity contribution in [1.82, 2.24) is 0 Å². The Labute approximate surface area is 125 Å². The molecule has 0 fully saturated rings. The van der Waals surface area contributed by atoms with Crippen molar-refractivity contribution in [2.24, 2.45) is 0 Å². The van der Waals surface area contributed by atoms with Crippen molar-refractivity contribution < 1.29 is 19.0 Å². The summed E-state index contributed by atoms with van der Waals surface area (Å²) < 4.78 is 16.3. The zero-order valence-electron chi connectivity index (χ0n) is 12.8. The Morgan fingerprint density at radius 3 is 2.90 bits per heavy atom. The van der Waals surface area contributed by atoms with Gasteiger partial charge >= 0.3 is 5.97 Å². The van der Waals surface area contributed by atoms with Gasteiger partial charge in [-0.05, 0) is 43.0 Å². The molecule has 0 heterocycles. The van der Waals surface area contributed by atoms with E-state index in [0.717, 1.165) is 18.6 Å². The summed E-state index contributed by atoms with van der Waals surface area (Å²) in [5, 5.41) is 0. The predicted molar refractivity (Wildman–Crippen MR) is 80.1 cm³/mol. The van der Waals surface area contributed by atoms with Gasteiger partial charge in [-0.2, -0.15) is 0 Å². The molecule has 2 rings (SSSR count). The van der Waals surface area contributed by atoms with Crippen LogP contribution >= 0.6 is 0 Å². The number of carbonyl (C=O) groups excluding carboxylic acids is 1. The third-order valence-corrected chi connectivity index (χ3v) is 3.57. The second kappa shape index (κ2) is 6.76. The van der Waals surface area contributed by atoms with Crippen molar-refractivity contribution in [3.05, 3.63) is 41.7 Å². The van der Waals surface area contributed by atoms with Crippen LogP contribution in [0.5, 0.6) is 5.75 Å². The van der Waals surface area contributed by atoms with Crippen molar-refractivity contribution in [2.75, 3.05) is 7.11 Å². The van der Waals surface area contributed by atoms with Gasteiger partial charge in [-0.15, -0.1) is 0 Å². The van der Waals surface area contributed by atoms with Gasteiger partial charge in [0.25, 0.3) is 0 Å².